The summed E-state index contributed by atoms with van der Waals surface area (Å²) in [7, 11) is -4.18. The average molecular weight is 740 g/mol. The second-order valence-electron chi connectivity index (χ2n) is 14.2. The molecule has 0 spiro atoms. The Hall–Kier alpha value is -5.58. The van der Waals surface area contributed by atoms with E-state index in [2.05, 4.69) is 14.7 Å². The van der Waals surface area contributed by atoms with E-state index in [9.17, 15) is 27.6 Å². The molecule has 1 aliphatic rings. The molecule has 0 radical (unpaired) electrons. The topological polar surface area (TPSA) is 183 Å². The number of sulfonamides is 1. The van der Waals surface area contributed by atoms with Crippen LogP contribution >= 0.6 is 0 Å². The van der Waals surface area contributed by atoms with Crippen LogP contribution in [0.15, 0.2) is 58.2 Å². The number of ether oxygens (including phenoxy) is 2. The molecule has 4 heterocycles. The third kappa shape index (κ3) is 7.12. The second-order valence-corrected chi connectivity index (χ2v) is 16.2. The lowest BCUT2D eigenvalue weighted by atomic mass is 10.0. The van der Waals surface area contributed by atoms with Crippen molar-refractivity contribution in [2.45, 2.75) is 77.4 Å². The van der Waals surface area contributed by atoms with E-state index >= 15 is 8.78 Å². The minimum atomic E-state index is -4.18. The number of hydrogen-bond acceptors (Lipinski definition) is 10. The molecule has 274 valence electrons. The summed E-state index contributed by atoms with van der Waals surface area (Å²) in [6.45, 7) is 8.78. The highest BCUT2D eigenvalue weighted by molar-refractivity contribution is 7.91. The standard InChI is InChI=1S/C35H35F2N5O9S/c1-34(2,3)50-32(45)42(33(46)51-35(4,5)6)25-14-18(23(37)16-39-25)17-41-24-15-22(36)20-11-13-49-29(20)27(24)26(21-8-7-12-38-30(21)43)28(41)31(44)40-52(47,48)19-9-10-19/h7-8,11-16,19H,9-10,17H2,1-6H3,(H,38,43)(H,40,44). The Kier molecular flexibility index (Phi) is 8.97. The Balaban J connectivity index is 1.60. The Labute approximate surface area is 295 Å². The summed E-state index contributed by atoms with van der Waals surface area (Å²) in [5.74, 6) is -3.37. The molecule has 1 aliphatic carbocycles. The van der Waals surface area contributed by atoms with Gasteiger partial charge in [0.25, 0.3) is 11.5 Å². The molecular weight excluding hydrogens is 704 g/mol. The number of fused-ring (bicyclic) bond motifs is 3. The number of rotatable bonds is 7. The van der Waals surface area contributed by atoms with E-state index in [0.29, 0.717) is 17.7 Å². The van der Waals surface area contributed by atoms with Gasteiger partial charge in [0.15, 0.2) is 0 Å². The largest absolute Gasteiger partial charge is 0.463 e. The lowest BCUT2D eigenvalue weighted by molar-refractivity contribution is 0.0428. The number of carbonyl (C=O) groups excluding carboxylic acids is 3. The van der Waals surface area contributed by atoms with Gasteiger partial charge in [-0.1, -0.05) is 0 Å². The SMILES string of the molecule is CC(C)(C)OC(=O)N(C(=O)OC(C)(C)C)c1cc(Cn2c(C(=O)NS(=O)(=O)C3CC3)c(-c3ccc[nH]c3=O)c3c4occc4c(F)cc32)c(F)cn1. The molecule has 6 rings (SSSR count). The molecule has 2 N–H and O–H groups in total. The van der Waals surface area contributed by atoms with Crippen molar-refractivity contribution in [3.05, 3.63) is 82.2 Å². The van der Waals surface area contributed by atoms with Crippen molar-refractivity contribution in [1.29, 1.82) is 0 Å². The number of nitrogens with one attached hydrogen (secondary N) is 2. The van der Waals surface area contributed by atoms with Crippen LogP contribution in [0.1, 0.15) is 70.4 Å². The number of imide groups is 1. The number of benzene rings is 1. The monoisotopic (exact) mass is 739 g/mol. The fourth-order valence-electron chi connectivity index (χ4n) is 5.58. The fourth-order valence-corrected chi connectivity index (χ4v) is 6.86. The van der Waals surface area contributed by atoms with Gasteiger partial charge in [0.05, 0.1) is 46.1 Å². The Morgan fingerprint density at radius 3 is 2.29 bits per heavy atom. The normalized spacial score (nSPS) is 13.7. The van der Waals surface area contributed by atoms with Crippen molar-refractivity contribution >= 4 is 55.8 Å². The molecule has 3 amide bonds. The first-order chi connectivity index (χ1) is 24.3. The van der Waals surface area contributed by atoms with Gasteiger partial charge in [-0.3, -0.25) is 9.59 Å². The maximum absolute atomic E-state index is 15.8. The second kappa shape index (κ2) is 12.9. The molecule has 0 atom stereocenters. The van der Waals surface area contributed by atoms with Crippen molar-refractivity contribution in [1.82, 2.24) is 19.3 Å². The molecular formula is C35H35F2N5O9S. The van der Waals surface area contributed by atoms with Gasteiger partial charge < -0.3 is 23.4 Å². The first kappa shape index (κ1) is 36.2. The number of carbonyl (C=O) groups is 3. The van der Waals surface area contributed by atoms with Gasteiger partial charge in [-0.2, -0.15) is 4.90 Å². The number of anilines is 1. The molecule has 0 bridgehead atoms. The molecule has 0 unspecified atom stereocenters. The number of aromatic nitrogens is 3. The quantitative estimate of drug-likeness (QED) is 0.190. The van der Waals surface area contributed by atoms with Gasteiger partial charge in [0.1, 0.15) is 39.9 Å². The van der Waals surface area contributed by atoms with Gasteiger partial charge >= 0.3 is 12.2 Å². The number of aromatic amines is 1. The van der Waals surface area contributed by atoms with E-state index in [1.165, 1.54) is 30.7 Å². The number of nitrogens with zero attached hydrogens (tertiary/aromatic N) is 3. The van der Waals surface area contributed by atoms with Crippen molar-refractivity contribution in [3.8, 4) is 11.1 Å². The summed E-state index contributed by atoms with van der Waals surface area (Å²) < 4.78 is 77.2. The van der Waals surface area contributed by atoms with Crippen LogP contribution in [0.2, 0.25) is 0 Å². The zero-order valence-corrected chi connectivity index (χ0v) is 29.8. The summed E-state index contributed by atoms with van der Waals surface area (Å²) in [6.07, 6.45) is 1.56. The van der Waals surface area contributed by atoms with Crippen molar-refractivity contribution in [3.63, 3.8) is 0 Å². The third-order valence-electron chi connectivity index (χ3n) is 7.85. The van der Waals surface area contributed by atoms with Crippen LogP contribution in [0.3, 0.4) is 0 Å². The smallest absolute Gasteiger partial charge is 0.425 e. The maximum atomic E-state index is 15.8. The van der Waals surface area contributed by atoms with Crippen LogP contribution in [0.5, 0.6) is 0 Å². The van der Waals surface area contributed by atoms with Gasteiger partial charge in [-0.15, -0.1) is 0 Å². The summed E-state index contributed by atoms with van der Waals surface area (Å²) in [5.41, 5.74) is -3.88. The lowest BCUT2D eigenvalue weighted by Gasteiger charge is -2.28. The lowest BCUT2D eigenvalue weighted by Crippen LogP contribution is -2.44. The van der Waals surface area contributed by atoms with E-state index in [0.717, 1.165) is 22.9 Å². The molecule has 17 heteroatoms. The summed E-state index contributed by atoms with van der Waals surface area (Å²) in [5, 5.41) is -0.761. The van der Waals surface area contributed by atoms with Gasteiger partial charge in [-0.25, -0.2) is 36.5 Å². The molecule has 52 heavy (non-hydrogen) atoms. The highest BCUT2D eigenvalue weighted by Gasteiger charge is 2.39. The number of H-pyrrole nitrogens is 1. The first-order valence-corrected chi connectivity index (χ1v) is 17.7. The van der Waals surface area contributed by atoms with E-state index in [-0.39, 0.29) is 38.6 Å². The van der Waals surface area contributed by atoms with Gasteiger partial charge in [-0.05, 0) is 84.7 Å². The van der Waals surface area contributed by atoms with Crippen molar-refractivity contribution in [2.75, 3.05) is 4.90 Å². The Bertz CT molecular complexity index is 2410. The number of furan rings is 1. The van der Waals surface area contributed by atoms with E-state index in [4.69, 9.17) is 13.9 Å². The zero-order chi connectivity index (χ0) is 37.9. The molecule has 4 aromatic heterocycles. The fraction of sp³-hybridized carbons (Fsp3) is 0.343. The van der Waals surface area contributed by atoms with Gasteiger partial charge in [0, 0.05) is 17.3 Å². The highest BCUT2D eigenvalue weighted by atomic mass is 32.2. The zero-order valence-electron chi connectivity index (χ0n) is 29.0. The van der Waals surface area contributed by atoms with Crippen LogP contribution in [0, 0.1) is 11.6 Å². The number of amides is 3. The molecule has 1 fully saturated rings. The first-order valence-electron chi connectivity index (χ1n) is 16.1. The van der Waals surface area contributed by atoms with E-state index in [1.54, 1.807) is 41.5 Å². The predicted molar refractivity (Wildman–Crippen MR) is 185 cm³/mol. The predicted octanol–water partition coefficient (Wildman–Crippen LogP) is 6.36. The molecule has 14 nitrogen and oxygen atoms in total. The highest BCUT2D eigenvalue weighted by Crippen LogP contribution is 2.41. The maximum Gasteiger partial charge on any atom is 0.425 e. The number of halogens is 2. The van der Waals surface area contributed by atoms with Crippen LogP contribution in [0.4, 0.5) is 24.2 Å². The molecule has 5 aromatic rings. The van der Waals surface area contributed by atoms with Crippen molar-refractivity contribution < 1.29 is 45.5 Å². The Morgan fingerprint density at radius 1 is 1.04 bits per heavy atom. The number of pyridine rings is 2. The Morgan fingerprint density at radius 2 is 1.69 bits per heavy atom. The summed E-state index contributed by atoms with van der Waals surface area (Å²) in [6, 6.07) is 6.28. The molecule has 0 saturated heterocycles. The van der Waals surface area contributed by atoms with Crippen LogP contribution < -0.4 is 15.2 Å². The average Bonchev–Trinajstić information content (AvgIpc) is 3.69. The van der Waals surface area contributed by atoms with E-state index in [1.807, 2.05) is 0 Å². The molecule has 1 aromatic carbocycles. The van der Waals surface area contributed by atoms with Crippen LogP contribution in [-0.2, 0) is 26.0 Å². The van der Waals surface area contributed by atoms with Gasteiger partial charge in [0.2, 0.25) is 10.0 Å². The van der Waals surface area contributed by atoms with Crippen LogP contribution in [-0.4, -0.2) is 57.5 Å². The molecule has 1 saturated carbocycles. The van der Waals surface area contributed by atoms with Crippen LogP contribution in [0.25, 0.3) is 33.0 Å². The minimum Gasteiger partial charge on any atom is -0.463 e. The molecule has 0 aliphatic heterocycles. The third-order valence-corrected chi connectivity index (χ3v) is 9.67. The minimum absolute atomic E-state index is 0.00133. The van der Waals surface area contributed by atoms with E-state index < -0.39 is 79.8 Å². The van der Waals surface area contributed by atoms with Crippen molar-refractivity contribution in [2.24, 2.45) is 0 Å². The summed E-state index contributed by atoms with van der Waals surface area (Å²) >= 11 is 0. The number of hydrogen-bond donors (Lipinski definition) is 2. The summed E-state index contributed by atoms with van der Waals surface area (Å²) in [4.78, 5) is 61.1.